The van der Waals surface area contributed by atoms with Crippen molar-refractivity contribution in [3.05, 3.63) is 29.6 Å². The van der Waals surface area contributed by atoms with Gasteiger partial charge in [-0.2, -0.15) is 5.10 Å². The second kappa shape index (κ2) is 4.57. The van der Waals surface area contributed by atoms with Crippen molar-refractivity contribution in [2.75, 3.05) is 7.11 Å². The highest BCUT2D eigenvalue weighted by Gasteiger charge is 2.09. The van der Waals surface area contributed by atoms with E-state index >= 15 is 0 Å². The van der Waals surface area contributed by atoms with Crippen LogP contribution in [0.25, 0.3) is 11.4 Å². The maximum absolute atomic E-state index is 5.25. The second-order valence-corrected chi connectivity index (χ2v) is 4.01. The molecule has 0 radical (unpaired) electrons. The predicted octanol–water partition coefficient (Wildman–Crippen LogP) is 2.36. The largest absolute Gasteiger partial charge is 0.496 e. The summed E-state index contributed by atoms with van der Waals surface area (Å²) in [4.78, 5) is 4.51. The summed E-state index contributed by atoms with van der Waals surface area (Å²) in [5, 5.41) is 4.35. The van der Waals surface area contributed by atoms with Gasteiger partial charge in [-0.3, -0.25) is 0 Å². The Labute approximate surface area is 101 Å². The molecule has 4 nitrogen and oxygen atoms in total. The van der Waals surface area contributed by atoms with Crippen LogP contribution in [0, 0.1) is 6.92 Å². The van der Waals surface area contributed by atoms with Crippen molar-refractivity contribution >= 4 is 0 Å². The van der Waals surface area contributed by atoms with Gasteiger partial charge < -0.3 is 4.74 Å². The lowest BCUT2D eigenvalue weighted by Gasteiger charge is -2.06. The number of hydrogen-bond donors (Lipinski definition) is 0. The molecular formula is C13H17N3O. The molecule has 0 atom stereocenters. The van der Waals surface area contributed by atoms with Crippen LogP contribution in [-0.4, -0.2) is 21.9 Å². The van der Waals surface area contributed by atoms with Crippen molar-refractivity contribution in [3.63, 3.8) is 0 Å². The van der Waals surface area contributed by atoms with Crippen LogP contribution in [0.1, 0.15) is 18.3 Å². The summed E-state index contributed by atoms with van der Waals surface area (Å²) < 4.78 is 7.07. The fraction of sp³-hybridized carbons (Fsp3) is 0.385. The number of ether oxygens (including phenoxy) is 1. The molecule has 0 aliphatic carbocycles. The van der Waals surface area contributed by atoms with E-state index in [0.717, 1.165) is 34.9 Å². The van der Waals surface area contributed by atoms with Crippen LogP contribution < -0.4 is 4.74 Å². The number of aromatic nitrogens is 3. The normalized spacial score (nSPS) is 10.6. The monoisotopic (exact) mass is 231 g/mol. The van der Waals surface area contributed by atoms with E-state index in [1.54, 1.807) is 7.11 Å². The van der Waals surface area contributed by atoms with E-state index in [2.05, 4.69) is 23.1 Å². The quantitative estimate of drug-likeness (QED) is 0.814. The van der Waals surface area contributed by atoms with Crippen LogP contribution in [-0.2, 0) is 13.5 Å². The molecule has 90 valence electrons. The molecule has 0 spiro atoms. The van der Waals surface area contributed by atoms with E-state index < -0.39 is 0 Å². The minimum absolute atomic E-state index is 0.850. The summed E-state index contributed by atoms with van der Waals surface area (Å²) in [5.41, 5.74) is 2.17. The smallest absolute Gasteiger partial charge is 0.158 e. The van der Waals surface area contributed by atoms with Gasteiger partial charge in [0.05, 0.1) is 7.11 Å². The van der Waals surface area contributed by atoms with Gasteiger partial charge in [-0.25, -0.2) is 9.67 Å². The average molecular weight is 231 g/mol. The molecular weight excluding hydrogens is 214 g/mol. The van der Waals surface area contributed by atoms with Crippen LogP contribution in [0.5, 0.6) is 5.75 Å². The maximum Gasteiger partial charge on any atom is 0.158 e. The summed E-state index contributed by atoms with van der Waals surface area (Å²) in [7, 11) is 3.60. The van der Waals surface area contributed by atoms with Crippen LogP contribution in [0.3, 0.4) is 0 Å². The molecule has 0 unspecified atom stereocenters. The highest BCUT2D eigenvalue weighted by atomic mass is 16.5. The first kappa shape index (κ1) is 11.6. The molecule has 17 heavy (non-hydrogen) atoms. The van der Waals surface area contributed by atoms with Crippen molar-refractivity contribution in [3.8, 4) is 17.1 Å². The highest BCUT2D eigenvalue weighted by Crippen LogP contribution is 2.24. The van der Waals surface area contributed by atoms with E-state index in [-0.39, 0.29) is 0 Å². The fourth-order valence-corrected chi connectivity index (χ4v) is 1.86. The molecule has 0 bridgehead atoms. The summed E-state index contributed by atoms with van der Waals surface area (Å²) in [6, 6.07) is 6.04. The minimum Gasteiger partial charge on any atom is -0.496 e. The molecule has 0 amide bonds. The molecule has 1 aromatic heterocycles. The lowest BCUT2D eigenvalue weighted by Crippen LogP contribution is -1.95. The lowest BCUT2D eigenvalue weighted by atomic mass is 10.1. The topological polar surface area (TPSA) is 39.9 Å². The first-order valence-corrected chi connectivity index (χ1v) is 5.70. The van der Waals surface area contributed by atoms with Crippen molar-refractivity contribution < 1.29 is 4.74 Å². The third-order valence-electron chi connectivity index (χ3n) is 2.78. The van der Waals surface area contributed by atoms with Crippen LogP contribution in [0.4, 0.5) is 0 Å². The number of methoxy groups -OCH3 is 1. The SMILES string of the molecule is CCc1nc(-c2ccc(OC)c(C)c2)n(C)n1. The van der Waals surface area contributed by atoms with Crippen molar-refractivity contribution in [2.24, 2.45) is 7.05 Å². The van der Waals surface area contributed by atoms with Gasteiger partial charge in [0, 0.05) is 19.0 Å². The van der Waals surface area contributed by atoms with Gasteiger partial charge in [0.25, 0.3) is 0 Å². The van der Waals surface area contributed by atoms with E-state index in [9.17, 15) is 0 Å². The lowest BCUT2D eigenvalue weighted by molar-refractivity contribution is 0.412. The number of aryl methyl sites for hydroxylation is 3. The van der Waals surface area contributed by atoms with Gasteiger partial charge in [-0.15, -0.1) is 0 Å². The Kier molecular flexibility index (Phi) is 3.13. The Bertz CT molecular complexity index is 531. The molecule has 0 aliphatic heterocycles. The van der Waals surface area contributed by atoms with Gasteiger partial charge >= 0.3 is 0 Å². The Balaban J connectivity index is 2.45. The number of rotatable bonds is 3. The molecule has 4 heteroatoms. The summed E-state index contributed by atoms with van der Waals surface area (Å²) >= 11 is 0. The number of hydrogen-bond acceptors (Lipinski definition) is 3. The summed E-state index contributed by atoms with van der Waals surface area (Å²) in [6.45, 7) is 4.08. The standard InChI is InChI=1S/C13H17N3O/c1-5-12-14-13(16(3)15-12)10-6-7-11(17-4)9(2)8-10/h6-8H,5H2,1-4H3. The minimum atomic E-state index is 0.850. The Morgan fingerprint density at radius 1 is 1.35 bits per heavy atom. The van der Waals surface area contributed by atoms with Gasteiger partial charge in [-0.05, 0) is 30.7 Å². The molecule has 1 heterocycles. The molecule has 0 aliphatic rings. The van der Waals surface area contributed by atoms with Crippen molar-refractivity contribution in [1.29, 1.82) is 0 Å². The van der Waals surface area contributed by atoms with E-state index in [0.29, 0.717) is 0 Å². The average Bonchev–Trinajstić information content (AvgIpc) is 2.70. The molecule has 2 rings (SSSR count). The van der Waals surface area contributed by atoms with Crippen LogP contribution >= 0.6 is 0 Å². The number of benzene rings is 1. The third-order valence-corrected chi connectivity index (χ3v) is 2.78. The third kappa shape index (κ3) is 2.16. The summed E-state index contributed by atoms with van der Waals surface area (Å²) in [6.07, 6.45) is 0.850. The Morgan fingerprint density at radius 3 is 2.65 bits per heavy atom. The molecule has 0 N–H and O–H groups in total. The first-order valence-electron chi connectivity index (χ1n) is 5.70. The Hall–Kier alpha value is -1.84. The van der Waals surface area contributed by atoms with Crippen molar-refractivity contribution in [2.45, 2.75) is 20.3 Å². The zero-order chi connectivity index (χ0) is 12.4. The molecule has 2 aromatic rings. The highest BCUT2D eigenvalue weighted by molar-refractivity contribution is 5.58. The zero-order valence-corrected chi connectivity index (χ0v) is 10.7. The molecule has 0 fully saturated rings. The molecule has 0 saturated carbocycles. The second-order valence-electron chi connectivity index (χ2n) is 4.01. The van der Waals surface area contributed by atoms with E-state index in [4.69, 9.17) is 4.74 Å². The predicted molar refractivity (Wildman–Crippen MR) is 67.1 cm³/mol. The van der Waals surface area contributed by atoms with Gasteiger partial charge in [0.2, 0.25) is 0 Å². The number of nitrogens with zero attached hydrogens (tertiary/aromatic N) is 3. The summed E-state index contributed by atoms with van der Waals surface area (Å²) in [5.74, 6) is 2.66. The van der Waals surface area contributed by atoms with Gasteiger partial charge in [0.1, 0.15) is 5.75 Å². The van der Waals surface area contributed by atoms with Crippen molar-refractivity contribution in [1.82, 2.24) is 14.8 Å². The van der Waals surface area contributed by atoms with Crippen LogP contribution in [0.2, 0.25) is 0 Å². The first-order chi connectivity index (χ1) is 8.15. The van der Waals surface area contributed by atoms with Crippen LogP contribution in [0.15, 0.2) is 18.2 Å². The van der Waals surface area contributed by atoms with Gasteiger partial charge in [-0.1, -0.05) is 6.92 Å². The molecule has 0 saturated heterocycles. The Morgan fingerprint density at radius 2 is 2.12 bits per heavy atom. The van der Waals surface area contributed by atoms with E-state index in [1.807, 2.05) is 30.8 Å². The zero-order valence-electron chi connectivity index (χ0n) is 10.7. The van der Waals surface area contributed by atoms with E-state index in [1.165, 1.54) is 0 Å². The van der Waals surface area contributed by atoms with Gasteiger partial charge in [0.15, 0.2) is 11.6 Å². The maximum atomic E-state index is 5.25. The molecule has 1 aromatic carbocycles. The fourth-order valence-electron chi connectivity index (χ4n) is 1.86.